The van der Waals surface area contributed by atoms with Crippen molar-refractivity contribution in [2.45, 2.75) is 5.75 Å². The van der Waals surface area contributed by atoms with Crippen molar-refractivity contribution in [1.82, 2.24) is 0 Å². The van der Waals surface area contributed by atoms with Gasteiger partial charge in [-0.15, -0.1) is 0 Å². The van der Waals surface area contributed by atoms with Crippen LogP contribution >= 0.6 is 0 Å². The zero-order chi connectivity index (χ0) is 12.1. The lowest BCUT2D eigenvalue weighted by Crippen LogP contribution is -2.11. The van der Waals surface area contributed by atoms with Crippen molar-refractivity contribution in [2.75, 3.05) is 5.75 Å². The monoisotopic (exact) mass is 241 g/mol. The SMILES string of the molecule is N#Cc1cccc(CS(=O)CC(=O)O)c1F. The second-order valence-corrected chi connectivity index (χ2v) is 4.47. The first kappa shape index (κ1) is 12.3. The van der Waals surface area contributed by atoms with Gasteiger partial charge in [0.25, 0.3) is 0 Å². The van der Waals surface area contributed by atoms with Crippen LogP contribution in [-0.2, 0) is 21.3 Å². The fourth-order valence-corrected chi connectivity index (χ4v) is 2.09. The summed E-state index contributed by atoms with van der Waals surface area (Å²) in [7, 11) is -1.67. The van der Waals surface area contributed by atoms with E-state index in [0.29, 0.717) is 0 Å². The fourth-order valence-electron chi connectivity index (χ4n) is 1.14. The lowest BCUT2D eigenvalue weighted by Gasteiger charge is -2.02. The molecule has 1 N–H and O–H groups in total. The smallest absolute Gasteiger partial charge is 0.316 e. The fraction of sp³-hybridized carbons (Fsp3) is 0.200. The van der Waals surface area contributed by atoms with Gasteiger partial charge < -0.3 is 5.11 Å². The van der Waals surface area contributed by atoms with Crippen LogP contribution in [0.15, 0.2) is 18.2 Å². The number of benzene rings is 1. The number of nitrogens with zero attached hydrogens (tertiary/aromatic N) is 1. The zero-order valence-corrected chi connectivity index (χ0v) is 8.96. The lowest BCUT2D eigenvalue weighted by atomic mass is 10.1. The molecule has 0 fully saturated rings. The van der Waals surface area contributed by atoms with E-state index in [1.165, 1.54) is 18.2 Å². The van der Waals surface area contributed by atoms with E-state index in [0.717, 1.165) is 0 Å². The summed E-state index contributed by atoms with van der Waals surface area (Å²) in [6.45, 7) is 0. The highest BCUT2D eigenvalue weighted by Crippen LogP contribution is 2.13. The second-order valence-electron chi connectivity index (χ2n) is 3.01. The standard InChI is InChI=1S/C10H8FNO3S/c11-10-7(4-12)2-1-3-8(10)5-16(15)6-9(13)14/h1-3H,5-6H2,(H,13,14). The summed E-state index contributed by atoms with van der Waals surface area (Å²) in [6.07, 6.45) is 0. The number of carbonyl (C=O) groups is 1. The maximum atomic E-state index is 13.5. The Morgan fingerprint density at radius 2 is 2.25 bits per heavy atom. The Bertz CT molecular complexity index is 481. The van der Waals surface area contributed by atoms with Gasteiger partial charge in [-0.1, -0.05) is 12.1 Å². The van der Waals surface area contributed by atoms with Crippen LogP contribution in [-0.4, -0.2) is 21.0 Å². The van der Waals surface area contributed by atoms with Gasteiger partial charge in [0.15, 0.2) is 0 Å². The number of rotatable bonds is 4. The molecule has 0 aliphatic rings. The molecule has 1 atom stereocenters. The number of hydrogen-bond acceptors (Lipinski definition) is 3. The average molecular weight is 241 g/mol. The van der Waals surface area contributed by atoms with Crippen molar-refractivity contribution in [1.29, 1.82) is 5.26 Å². The molecule has 0 heterocycles. The third-order valence-corrected chi connectivity index (χ3v) is 3.00. The summed E-state index contributed by atoms with van der Waals surface area (Å²) in [4.78, 5) is 10.3. The summed E-state index contributed by atoms with van der Waals surface area (Å²) in [6, 6.07) is 5.82. The van der Waals surface area contributed by atoms with E-state index in [1.54, 1.807) is 6.07 Å². The first-order valence-electron chi connectivity index (χ1n) is 4.29. The Balaban J connectivity index is 2.86. The summed E-state index contributed by atoms with van der Waals surface area (Å²) in [5, 5.41) is 17.0. The molecule has 0 bridgehead atoms. The molecule has 6 heteroatoms. The largest absolute Gasteiger partial charge is 0.481 e. The molecular formula is C10H8FNO3S. The highest BCUT2D eigenvalue weighted by Gasteiger charge is 2.12. The van der Waals surface area contributed by atoms with Crippen molar-refractivity contribution in [3.05, 3.63) is 35.1 Å². The van der Waals surface area contributed by atoms with Gasteiger partial charge in [-0.2, -0.15) is 5.26 Å². The van der Waals surface area contributed by atoms with E-state index in [1.807, 2.05) is 0 Å². The van der Waals surface area contributed by atoms with Gasteiger partial charge >= 0.3 is 5.97 Å². The maximum Gasteiger partial charge on any atom is 0.316 e. The number of aliphatic carboxylic acids is 1. The molecule has 1 aromatic carbocycles. The molecule has 1 rings (SSSR count). The molecule has 0 radical (unpaired) electrons. The Morgan fingerprint density at radius 1 is 1.56 bits per heavy atom. The molecule has 0 saturated carbocycles. The van der Waals surface area contributed by atoms with Crippen LogP contribution in [0.4, 0.5) is 4.39 Å². The van der Waals surface area contributed by atoms with Gasteiger partial charge in [0, 0.05) is 16.4 Å². The molecule has 1 aromatic rings. The normalized spacial score (nSPS) is 11.8. The molecule has 0 spiro atoms. The van der Waals surface area contributed by atoms with Crippen molar-refractivity contribution < 1.29 is 18.5 Å². The van der Waals surface area contributed by atoms with Crippen LogP contribution in [0.3, 0.4) is 0 Å². The molecule has 4 nitrogen and oxygen atoms in total. The summed E-state index contributed by atoms with van der Waals surface area (Å²) >= 11 is 0. The molecule has 84 valence electrons. The Labute approximate surface area is 93.8 Å². The molecule has 16 heavy (non-hydrogen) atoms. The molecule has 0 aliphatic carbocycles. The van der Waals surface area contributed by atoms with Crippen LogP contribution in [0.5, 0.6) is 0 Å². The first-order chi connectivity index (χ1) is 7.54. The Hall–Kier alpha value is -1.74. The minimum atomic E-state index is -1.67. The quantitative estimate of drug-likeness (QED) is 0.854. The van der Waals surface area contributed by atoms with Crippen LogP contribution in [0, 0.1) is 17.1 Å². The van der Waals surface area contributed by atoms with E-state index >= 15 is 0 Å². The molecule has 0 aromatic heterocycles. The van der Waals surface area contributed by atoms with Crippen LogP contribution < -0.4 is 0 Å². The predicted molar refractivity (Wildman–Crippen MR) is 55.5 cm³/mol. The number of halogens is 1. The van der Waals surface area contributed by atoms with Gasteiger partial charge in [0.2, 0.25) is 0 Å². The average Bonchev–Trinajstić information content (AvgIpc) is 2.20. The second kappa shape index (κ2) is 5.37. The molecule has 1 unspecified atom stereocenters. The number of carboxylic acid groups (broad SMARTS) is 1. The van der Waals surface area contributed by atoms with Gasteiger partial charge in [-0.25, -0.2) is 4.39 Å². The van der Waals surface area contributed by atoms with Gasteiger partial charge in [0.05, 0.1) is 11.3 Å². The Morgan fingerprint density at radius 3 is 2.81 bits per heavy atom. The van der Waals surface area contributed by atoms with E-state index in [-0.39, 0.29) is 16.9 Å². The van der Waals surface area contributed by atoms with Crippen molar-refractivity contribution >= 4 is 16.8 Å². The van der Waals surface area contributed by atoms with Crippen molar-refractivity contribution in [2.24, 2.45) is 0 Å². The first-order valence-corrected chi connectivity index (χ1v) is 5.77. The summed E-state index contributed by atoms with van der Waals surface area (Å²) < 4.78 is 24.7. The van der Waals surface area contributed by atoms with Crippen molar-refractivity contribution in [3.8, 4) is 6.07 Å². The van der Waals surface area contributed by atoms with E-state index < -0.39 is 28.3 Å². The lowest BCUT2D eigenvalue weighted by molar-refractivity contribution is -0.133. The third-order valence-electron chi connectivity index (χ3n) is 1.80. The van der Waals surface area contributed by atoms with E-state index in [4.69, 9.17) is 10.4 Å². The van der Waals surface area contributed by atoms with Crippen LogP contribution in [0.2, 0.25) is 0 Å². The van der Waals surface area contributed by atoms with E-state index in [2.05, 4.69) is 0 Å². The minimum absolute atomic E-state index is 0.0960. The number of nitriles is 1. The topological polar surface area (TPSA) is 78.2 Å². The maximum absolute atomic E-state index is 13.5. The molecule has 0 saturated heterocycles. The third kappa shape index (κ3) is 3.14. The van der Waals surface area contributed by atoms with Crippen LogP contribution in [0.25, 0.3) is 0 Å². The number of hydrogen-bond donors (Lipinski definition) is 1. The highest BCUT2D eigenvalue weighted by atomic mass is 32.2. The number of carboxylic acids is 1. The van der Waals surface area contributed by atoms with E-state index in [9.17, 15) is 13.4 Å². The predicted octanol–water partition coefficient (Wildman–Crippen LogP) is 1.03. The van der Waals surface area contributed by atoms with Gasteiger partial charge in [0.1, 0.15) is 17.6 Å². The minimum Gasteiger partial charge on any atom is -0.481 e. The highest BCUT2D eigenvalue weighted by molar-refractivity contribution is 7.84. The molecule has 0 amide bonds. The van der Waals surface area contributed by atoms with Gasteiger partial charge in [-0.05, 0) is 6.07 Å². The summed E-state index contributed by atoms with van der Waals surface area (Å²) in [5.41, 5.74) is -0.0385. The molecular weight excluding hydrogens is 233 g/mol. The van der Waals surface area contributed by atoms with Crippen LogP contribution in [0.1, 0.15) is 11.1 Å². The van der Waals surface area contributed by atoms with Crippen molar-refractivity contribution in [3.63, 3.8) is 0 Å². The Kier molecular flexibility index (Phi) is 4.14. The zero-order valence-electron chi connectivity index (χ0n) is 8.14. The summed E-state index contributed by atoms with van der Waals surface area (Å²) in [5.74, 6) is -2.66. The molecule has 0 aliphatic heterocycles. The van der Waals surface area contributed by atoms with Gasteiger partial charge in [-0.3, -0.25) is 9.00 Å².